The lowest BCUT2D eigenvalue weighted by molar-refractivity contribution is 0.0735. The molecular weight excluding hydrogens is 250 g/mol. The summed E-state index contributed by atoms with van der Waals surface area (Å²) in [4.78, 5) is 18.6. The molecule has 0 bridgehead atoms. The molecule has 0 radical (unpaired) electrons. The monoisotopic (exact) mass is 277 g/mol. The molecule has 2 N–H and O–H groups in total. The number of anilines is 1. The Bertz CT molecular complexity index is 417. The van der Waals surface area contributed by atoms with E-state index < -0.39 is 0 Å². The number of carbonyl (C=O) groups excluding carboxylic acids is 1. The highest BCUT2D eigenvalue weighted by molar-refractivity contribution is 5.93. The Balaban J connectivity index is 2.76. The Morgan fingerprint density at radius 3 is 2.20 bits per heavy atom. The van der Waals surface area contributed by atoms with Gasteiger partial charge < -0.3 is 10.6 Å². The molecule has 1 rings (SSSR count). The van der Waals surface area contributed by atoms with E-state index in [1.54, 1.807) is 18.3 Å². The van der Waals surface area contributed by atoms with E-state index >= 15 is 0 Å². The predicted octanol–water partition coefficient (Wildman–Crippen LogP) is 3.20. The van der Waals surface area contributed by atoms with Crippen LogP contribution >= 0.6 is 0 Å². The lowest BCUT2D eigenvalue weighted by atomic mass is 10.1. The van der Waals surface area contributed by atoms with Crippen LogP contribution in [0.5, 0.6) is 0 Å². The van der Waals surface area contributed by atoms with Gasteiger partial charge in [0.05, 0.1) is 0 Å². The molecule has 0 saturated carbocycles. The van der Waals surface area contributed by atoms with E-state index in [1.165, 1.54) is 0 Å². The van der Waals surface area contributed by atoms with Crippen LogP contribution in [0.4, 0.5) is 5.69 Å². The molecule has 0 atom stereocenters. The lowest BCUT2D eigenvalue weighted by Crippen LogP contribution is -2.34. The number of carbonyl (C=O) groups is 1. The van der Waals surface area contributed by atoms with Gasteiger partial charge in [-0.25, -0.2) is 0 Å². The van der Waals surface area contributed by atoms with Crippen LogP contribution < -0.4 is 5.73 Å². The first kappa shape index (κ1) is 16.5. The molecule has 4 heteroatoms. The molecular formula is C16H27N3O. The summed E-state index contributed by atoms with van der Waals surface area (Å²) >= 11 is 0. The second-order valence-electron chi connectivity index (χ2n) is 6.13. The Labute approximate surface area is 122 Å². The number of rotatable bonds is 7. The zero-order valence-corrected chi connectivity index (χ0v) is 13.1. The minimum Gasteiger partial charge on any atom is -0.399 e. The Kier molecular flexibility index (Phi) is 6.49. The van der Waals surface area contributed by atoms with Gasteiger partial charge >= 0.3 is 0 Å². The van der Waals surface area contributed by atoms with E-state index in [0.717, 1.165) is 25.9 Å². The normalized spacial score (nSPS) is 11.1. The number of hydrogen-bond acceptors (Lipinski definition) is 3. The molecule has 0 spiro atoms. The molecule has 20 heavy (non-hydrogen) atoms. The molecule has 0 saturated heterocycles. The third kappa shape index (κ3) is 5.59. The first-order chi connectivity index (χ1) is 9.40. The average molecular weight is 277 g/mol. The maximum atomic E-state index is 12.5. The second kappa shape index (κ2) is 7.88. The highest BCUT2D eigenvalue weighted by Gasteiger charge is 2.17. The summed E-state index contributed by atoms with van der Waals surface area (Å²) in [6.07, 6.45) is 3.60. The summed E-state index contributed by atoms with van der Waals surface area (Å²) in [7, 11) is 0. The first-order valence-corrected chi connectivity index (χ1v) is 7.41. The SMILES string of the molecule is CC(C)CCN(CCC(C)C)C(=O)c1cc(N)ccn1. The van der Waals surface area contributed by atoms with Crippen LogP contribution in [0, 0.1) is 11.8 Å². The van der Waals surface area contributed by atoms with Crippen LogP contribution in [-0.2, 0) is 0 Å². The molecule has 1 amide bonds. The van der Waals surface area contributed by atoms with Crippen LogP contribution in [0.15, 0.2) is 18.3 Å². The van der Waals surface area contributed by atoms with Crippen molar-refractivity contribution in [3.05, 3.63) is 24.0 Å². The first-order valence-electron chi connectivity index (χ1n) is 7.41. The van der Waals surface area contributed by atoms with Gasteiger partial charge in [-0.1, -0.05) is 27.7 Å². The van der Waals surface area contributed by atoms with Gasteiger partial charge in [0.2, 0.25) is 0 Å². The standard InChI is InChI=1S/C16H27N3O/c1-12(2)6-9-19(10-7-13(3)4)16(20)15-11-14(17)5-8-18-15/h5,8,11-13H,6-7,9-10H2,1-4H3,(H2,17,18). The van der Waals surface area contributed by atoms with Crippen molar-refractivity contribution in [1.82, 2.24) is 9.88 Å². The van der Waals surface area contributed by atoms with E-state index in [2.05, 4.69) is 32.7 Å². The molecule has 112 valence electrons. The molecule has 1 heterocycles. The van der Waals surface area contributed by atoms with Crippen molar-refractivity contribution in [3.8, 4) is 0 Å². The number of nitrogens with two attached hydrogens (primary N) is 1. The molecule has 1 aromatic heterocycles. The van der Waals surface area contributed by atoms with Crippen molar-refractivity contribution in [3.63, 3.8) is 0 Å². The van der Waals surface area contributed by atoms with E-state index in [4.69, 9.17) is 5.73 Å². The fraction of sp³-hybridized carbons (Fsp3) is 0.625. The van der Waals surface area contributed by atoms with Gasteiger partial charge in [0, 0.05) is 25.0 Å². The zero-order valence-electron chi connectivity index (χ0n) is 13.1. The van der Waals surface area contributed by atoms with Gasteiger partial charge in [0.1, 0.15) is 5.69 Å². The van der Waals surface area contributed by atoms with Crippen LogP contribution in [-0.4, -0.2) is 28.9 Å². The summed E-state index contributed by atoms with van der Waals surface area (Å²) in [5, 5.41) is 0. The number of aromatic nitrogens is 1. The van der Waals surface area contributed by atoms with Crippen LogP contribution in [0.3, 0.4) is 0 Å². The molecule has 0 fully saturated rings. The van der Waals surface area contributed by atoms with E-state index in [1.807, 2.05) is 4.90 Å². The maximum Gasteiger partial charge on any atom is 0.272 e. The number of nitrogen functional groups attached to an aromatic ring is 1. The van der Waals surface area contributed by atoms with Crippen molar-refractivity contribution >= 4 is 11.6 Å². The average Bonchev–Trinajstić information content (AvgIpc) is 2.37. The molecule has 1 aromatic rings. The number of hydrogen-bond donors (Lipinski definition) is 1. The minimum absolute atomic E-state index is 0.0152. The van der Waals surface area contributed by atoms with E-state index in [0.29, 0.717) is 23.2 Å². The number of pyridine rings is 1. The van der Waals surface area contributed by atoms with E-state index in [9.17, 15) is 4.79 Å². The van der Waals surface area contributed by atoms with Crippen molar-refractivity contribution < 1.29 is 4.79 Å². The van der Waals surface area contributed by atoms with E-state index in [-0.39, 0.29) is 5.91 Å². The molecule has 0 unspecified atom stereocenters. The highest BCUT2D eigenvalue weighted by Crippen LogP contribution is 2.11. The Morgan fingerprint density at radius 2 is 1.75 bits per heavy atom. The van der Waals surface area contributed by atoms with Gasteiger partial charge in [0.15, 0.2) is 0 Å². The predicted molar refractivity (Wildman–Crippen MR) is 83.5 cm³/mol. The summed E-state index contributed by atoms with van der Waals surface area (Å²) < 4.78 is 0. The lowest BCUT2D eigenvalue weighted by Gasteiger charge is -2.24. The molecule has 0 aliphatic rings. The summed E-state index contributed by atoms with van der Waals surface area (Å²) in [5.74, 6) is 1.15. The van der Waals surface area contributed by atoms with Crippen molar-refractivity contribution in [2.75, 3.05) is 18.8 Å². The quantitative estimate of drug-likeness (QED) is 0.832. The summed E-state index contributed by atoms with van der Waals surface area (Å²) in [6.45, 7) is 10.2. The van der Waals surface area contributed by atoms with Crippen LogP contribution in [0.25, 0.3) is 0 Å². The molecule has 0 aliphatic heterocycles. The van der Waals surface area contributed by atoms with Gasteiger partial charge in [-0.05, 0) is 36.8 Å². The minimum atomic E-state index is -0.0152. The van der Waals surface area contributed by atoms with Crippen molar-refractivity contribution in [2.45, 2.75) is 40.5 Å². The van der Waals surface area contributed by atoms with Crippen LogP contribution in [0.2, 0.25) is 0 Å². The molecule has 4 nitrogen and oxygen atoms in total. The fourth-order valence-electron chi connectivity index (χ4n) is 1.87. The third-order valence-corrected chi connectivity index (χ3v) is 3.24. The third-order valence-electron chi connectivity index (χ3n) is 3.24. The smallest absolute Gasteiger partial charge is 0.272 e. The zero-order chi connectivity index (χ0) is 15.1. The number of amides is 1. The second-order valence-corrected chi connectivity index (χ2v) is 6.13. The van der Waals surface area contributed by atoms with Gasteiger partial charge in [0.25, 0.3) is 5.91 Å². The Morgan fingerprint density at radius 1 is 1.20 bits per heavy atom. The van der Waals surface area contributed by atoms with Crippen LogP contribution in [0.1, 0.15) is 51.0 Å². The largest absolute Gasteiger partial charge is 0.399 e. The molecule has 0 aromatic carbocycles. The van der Waals surface area contributed by atoms with Crippen molar-refractivity contribution in [1.29, 1.82) is 0 Å². The van der Waals surface area contributed by atoms with Gasteiger partial charge in [-0.15, -0.1) is 0 Å². The van der Waals surface area contributed by atoms with Crippen molar-refractivity contribution in [2.24, 2.45) is 11.8 Å². The Hall–Kier alpha value is -1.58. The summed E-state index contributed by atoms with van der Waals surface area (Å²) in [5.41, 5.74) is 6.75. The molecule has 0 aliphatic carbocycles. The summed E-state index contributed by atoms with van der Waals surface area (Å²) in [6, 6.07) is 3.35. The van der Waals surface area contributed by atoms with Gasteiger partial charge in [-0.2, -0.15) is 0 Å². The number of nitrogens with zero attached hydrogens (tertiary/aromatic N) is 2. The topological polar surface area (TPSA) is 59.2 Å². The fourth-order valence-corrected chi connectivity index (χ4v) is 1.87. The van der Waals surface area contributed by atoms with Gasteiger partial charge in [-0.3, -0.25) is 9.78 Å². The maximum absolute atomic E-state index is 12.5. The highest BCUT2D eigenvalue weighted by atomic mass is 16.2.